The number of nitrogens with zero attached hydrogens (tertiary/aromatic N) is 1. The highest BCUT2D eigenvalue weighted by Gasteiger charge is 2.14. The third-order valence-corrected chi connectivity index (χ3v) is 5.76. The Labute approximate surface area is 170 Å². The van der Waals surface area contributed by atoms with Crippen LogP contribution in [-0.4, -0.2) is 28.1 Å². The fraction of sp³-hybridized carbons (Fsp3) is 0.238. The molecule has 7 nitrogen and oxygen atoms in total. The van der Waals surface area contributed by atoms with E-state index in [-0.39, 0.29) is 11.4 Å². The molecule has 0 spiro atoms. The standard InChI is InChI=1S/C21H22N4O3S/c1-2-28-18-9-10-20-16(14-18)13-17(15-22)21(25-20)23-11-6-12-24-29(26,27)19-7-4-3-5-8-19/h3-5,7-10,13-14,24H,2,6,11-12H2,1H3,(H,23,25)/p+1. The van der Waals surface area contributed by atoms with Gasteiger partial charge in [0.05, 0.1) is 18.0 Å². The van der Waals surface area contributed by atoms with E-state index in [1.807, 2.05) is 25.1 Å². The Hall–Kier alpha value is -3.15. The molecule has 0 atom stereocenters. The van der Waals surface area contributed by atoms with Gasteiger partial charge in [0.25, 0.3) is 5.82 Å². The van der Waals surface area contributed by atoms with Gasteiger partial charge in [0, 0.05) is 11.9 Å². The number of ether oxygens (including phenoxy) is 1. The van der Waals surface area contributed by atoms with Gasteiger partial charge in [-0.25, -0.2) is 18.1 Å². The molecular weight excluding hydrogens is 388 g/mol. The number of benzene rings is 2. The van der Waals surface area contributed by atoms with Crippen molar-refractivity contribution >= 4 is 26.7 Å². The van der Waals surface area contributed by atoms with Crippen LogP contribution in [0.4, 0.5) is 5.82 Å². The molecule has 3 aromatic rings. The minimum Gasteiger partial charge on any atom is -0.494 e. The normalized spacial score (nSPS) is 11.2. The molecule has 0 aliphatic rings. The smallest absolute Gasteiger partial charge is 0.290 e. The zero-order valence-corrected chi connectivity index (χ0v) is 16.9. The number of H-pyrrole nitrogens is 1. The molecule has 0 saturated carbocycles. The number of anilines is 1. The van der Waals surface area contributed by atoms with E-state index in [1.54, 1.807) is 36.4 Å². The van der Waals surface area contributed by atoms with Gasteiger partial charge in [0.1, 0.15) is 22.9 Å². The van der Waals surface area contributed by atoms with E-state index in [1.165, 1.54) is 0 Å². The summed E-state index contributed by atoms with van der Waals surface area (Å²) < 4.78 is 32.5. The highest BCUT2D eigenvalue weighted by molar-refractivity contribution is 7.89. The van der Waals surface area contributed by atoms with Gasteiger partial charge in [-0.15, -0.1) is 0 Å². The van der Waals surface area contributed by atoms with E-state index in [0.29, 0.717) is 31.0 Å². The molecule has 0 saturated heterocycles. The molecule has 0 radical (unpaired) electrons. The number of hydrogen-bond acceptors (Lipinski definition) is 5. The van der Waals surface area contributed by atoms with Crippen molar-refractivity contribution in [3.8, 4) is 11.8 Å². The molecule has 8 heteroatoms. The lowest BCUT2D eigenvalue weighted by molar-refractivity contribution is -0.327. The summed E-state index contributed by atoms with van der Waals surface area (Å²) in [4.78, 5) is 3.47. The number of rotatable bonds is 9. The van der Waals surface area contributed by atoms with Crippen molar-refractivity contribution in [2.75, 3.05) is 25.0 Å². The Morgan fingerprint density at radius 3 is 2.62 bits per heavy atom. The minimum absolute atomic E-state index is 0.244. The van der Waals surface area contributed by atoms with Crippen molar-refractivity contribution in [2.24, 2.45) is 0 Å². The zero-order chi connectivity index (χ0) is 20.7. The van der Waals surface area contributed by atoms with Crippen molar-refractivity contribution in [3.63, 3.8) is 0 Å². The van der Waals surface area contributed by atoms with Gasteiger partial charge < -0.3 is 4.74 Å². The summed E-state index contributed by atoms with van der Waals surface area (Å²) in [5.41, 5.74) is 1.36. The highest BCUT2D eigenvalue weighted by Crippen LogP contribution is 2.21. The summed E-state index contributed by atoms with van der Waals surface area (Å²) >= 11 is 0. The second-order valence-corrected chi connectivity index (χ2v) is 8.11. The molecule has 0 bridgehead atoms. The fourth-order valence-corrected chi connectivity index (χ4v) is 3.97. The van der Waals surface area contributed by atoms with Gasteiger partial charge in [-0.2, -0.15) is 5.26 Å². The zero-order valence-electron chi connectivity index (χ0n) is 16.1. The van der Waals surface area contributed by atoms with E-state index in [2.05, 4.69) is 21.1 Å². The lowest BCUT2D eigenvalue weighted by Crippen LogP contribution is -2.26. The van der Waals surface area contributed by atoms with Gasteiger partial charge in [-0.1, -0.05) is 18.2 Å². The molecule has 0 aliphatic heterocycles. The van der Waals surface area contributed by atoms with Crippen LogP contribution in [0.3, 0.4) is 0 Å². The maximum atomic E-state index is 12.2. The van der Waals surface area contributed by atoms with Crippen molar-refractivity contribution in [3.05, 3.63) is 60.2 Å². The van der Waals surface area contributed by atoms with Crippen LogP contribution in [0.1, 0.15) is 18.9 Å². The largest absolute Gasteiger partial charge is 0.494 e. The Bertz CT molecular complexity index is 1130. The predicted octanol–water partition coefficient (Wildman–Crippen LogP) is 2.70. The molecule has 3 N–H and O–H groups in total. The minimum atomic E-state index is -3.51. The first-order chi connectivity index (χ1) is 14.0. The van der Waals surface area contributed by atoms with Crippen molar-refractivity contribution in [1.82, 2.24) is 4.72 Å². The van der Waals surface area contributed by atoms with Crippen LogP contribution in [-0.2, 0) is 10.0 Å². The van der Waals surface area contributed by atoms with Crippen LogP contribution >= 0.6 is 0 Å². The second-order valence-electron chi connectivity index (χ2n) is 6.34. The molecular formula is C21H23N4O3S+. The Morgan fingerprint density at radius 2 is 1.90 bits per heavy atom. The third-order valence-electron chi connectivity index (χ3n) is 4.28. The first kappa shape index (κ1) is 20.6. The number of nitrogens with one attached hydrogen (secondary N) is 3. The summed E-state index contributed by atoms with van der Waals surface area (Å²) in [5, 5.41) is 13.5. The first-order valence-corrected chi connectivity index (χ1v) is 10.8. The van der Waals surface area contributed by atoms with Crippen molar-refractivity contribution in [2.45, 2.75) is 18.2 Å². The number of fused-ring (bicyclic) bond motifs is 1. The topological polar surface area (TPSA) is 105 Å². The molecule has 0 fully saturated rings. The number of aromatic amines is 1. The molecule has 0 unspecified atom stereocenters. The predicted molar refractivity (Wildman–Crippen MR) is 111 cm³/mol. The van der Waals surface area contributed by atoms with Crippen LogP contribution in [0.15, 0.2) is 59.5 Å². The van der Waals surface area contributed by atoms with Gasteiger partial charge in [0.15, 0.2) is 0 Å². The maximum Gasteiger partial charge on any atom is 0.290 e. The molecule has 1 heterocycles. The molecule has 29 heavy (non-hydrogen) atoms. The number of pyridine rings is 1. The fourth-order valence-electron chi connectivity index (χ4n) is 2.88. The van der Waals surface area contributed by atoms with Crippen molar-refractivity contribution < 1.29 is 18.1 Å². The number of sulfonamides is 1. The van der Waals surface area contributed by atoms with Crippen LogP contribution in [0.25, 0.3) is 10.9 Å². The van der Waals surface area contributed by atoms with Gasteiger partial charge in [-0.05, 0) is 49.7 Å². The van der Waals surface area contributed by atoms with E-state index in [4.69, 9.17) is 4.74 Å². The van der Waals surface area contributed by atoms with Crippen LogP contribution in [0, 0.1) is 11.3 Å². The average molecular weight is 412 g/mol. The van der Waals surface area contributed by atoms with E-state index in [0.717, 1.165) is 16.7 Å². The van der Waals surface area contributed by atoms with E-state index in [9.17, 15) is 13.7 Å². The number of hydrogen-bond donors (Lipinski definition) is 2. The molecule has 1 aromatic heterocycles. The maximum absolute atomic E-state index is 12.2. The Morgan fingerprint density at radius 1 is 1.10 bits per heavy atom. The summed E-state index contributed by atoms with van der Waals surface area (Å²) in [6, 6.07) is 17.9. The second kappa shape index (κ2) is 9.37. The summed E-state index contributed by atoms with van der Waals surface area (Å²) in [6.07, 6.45) is 0.562. The van der Waals surface area contributed by atoms with Gasteiger partial charge >= 0.3 is 0 Å². The highest BCUT2D eigenvalue weighted by atomic mass is 32.2. The number of aromatic nitrogens is 1. The molecule has 0 amide bonds. The Balaban J connectivity index is 1.60. The molecule has 150 valence electrons. The monoisotopic (exact) mass is 411 g/mol. The van der Waals surface area contributed by atoms with E-state index < -0.39 is 10.0 Å². The van der Waals surface area contributed by atoms with Crippen molar-refractivity contribution in [1.29, 1.82) is 5.26 Å². The Kier molecular flexibility index (Phi) is 6.65. The van der Waals surface area contributed by atoms with Gasteiger partial charge in [-0.3, -0.25) is 5.32 Å². The summed E-state index contributed by atoms with van der Waals surface area (Å²) in [5.74, 6) is 1.36. The number of nitriles is 1. The van der Waals surface area contributed by atoms with Crippen LogP contribution < -0.4 is 19.8 Å². The first-order valence-electron chi connectivity index (χ1n) is 9.35. The molecule has 0 aliphatic carbocycles. The summed E-state index contributed by atoms with van der Waals surface area (Å²) in [6.45, 7) is 3.29. The van der Waals surface area contributed by atoms with Crippen LogP contribution in [0.5, 0.6) is 5.75 Å². The quantitative estimate of drug-likeness (QED) is 0.527. The van der Waals surface area contributed by atoms with Gasteiger partial charge in [0.2, 0.25) is 10.0 Å². The lowest BCUT2D eigenvalue weighted by Gasteiger charge is -2.07. The SMILES string of the molecule is CCOc1ccc2[nH+]c(NCCCNS(=O)(=O)c3ccccc3)c(C#N)cc2c1. The van der Waals surface area contributed by atoms with Crippen LogP contribution in [0.2, 0.25) is 0 Å². The average Bonchev–Trinajstić information content (AvgIpc) is 2.73. The lowest BCUT2D eigenvalue weighted by atomic mass is 10.1. The molecule has 3 rings (SSSR count). The third kappa shape index (κ3) is 5.22. The molecule has 2 aromatic carbocycles. The van der Waals surface area contributed by atoms with E-state index >= 15 is 0 Å². The summed E-state index contributed by atoms with van der Waals surface area (Å²) in [7, 11) is -3.51.